The zero-order valence-corrected chi connectivity index (χ0v) is 15.1. The molecule has 138 valence electrons. The van der Waals surface area contributed by atoms with E-state index in [1.165, 1.54) is 14.0 Å². The van der Waals surface area contributed by atoms with E-state index in [1.54, 1.807) is 28.9 Å². The molecule has 0 aliphatic heterocycles. The summed E-state index contributed by atoms with van der Waals surface area (Å²) in [6, 6.07) is 9.61. The number of urea groups is 1. The Morgan fingerprint density at radius 1 is 1.00 bits per heavy atom. The summed E-state index contributed by atoms with van der Waals surface area (Å²) in [4.78, 5) is 35.2. The van der Waals surface area contributed by atoms with Gasteiger partial charge in [0, 0.05) is 24.0 Å². The van der Waals surface area contributed by atoms with Crippen molar-refractivity contribution in [1.29, 1.82) is 0 Å². The summed E-state index contributed by atoms with van der Waals surface area (Å²) in [5.74, 6) is -0.413. The molecule has 3 N–H and O–H groups in total. The standard InChI is InChI=1S/C18H22N4O4/c1-11-5-6-12(2)22(11)21-17(24)14-7-9-15(10-8-14)26-13(3)16(23)20-18(25)19-4/h5-10,13H,1-4H3,(H,21,24)(H2,19,20,23,25)/t13-/m1/s1. The van der Waals surface area contributed by atoms with Crippen molar-refractivity contribution in [3.63, 3.8) is 0 Å². The number of benzene rings is 1. The number of hydrogen-bond donors (Lipinski definition) is 3. The van der Waals surface area contributed by atoms with E-state index in [2.05, 4.69) is 16.1 Å². The number of nitrogens with one attached hydrogen (secondary N) is 3. The molecule has 8 nitrogen and oxygen atoms in total. The molecular formula is C18H22N4O4. The van der Waals surface area contributed by atoms with E-state index in [9.17, 15) is 14.4 Å². The van der Waals surface area contributed by atoms with Crippen molar-refractivity contribution in [3.8, 4) is 5.75 Å². The minimum atomic E-state index is -0.864. The van der Waals surface area contributed by atoms with Gasteiger partial charge < -0.3 is 10.1 Å². The van der Waals surface area contributed by atoms with E-state index in [-0.39, 0.29) is 5.91 Å². The second-order valence-electron chi connectivity index (χ2n) is 5.75. The number of carbonyl (C=O) groups excluding carboxylic acids is 3. The van der Waals surface area contributed by atoms with Crippen molar-refractivity contribution in [2.24, 2.45) is 0 Å². The number of hydrogen-bond acceptors (Lipinski definition) is 4. The molecule has 0 radical (unpaired) electrons. The van der Waals surface area contributed by atoms with E-state index in [4.69, 9.17) is 4.74 Å². The van der Waals surface area contributed by atoms with Crippen LogP contribution in [0.15, 0.2) is 36.4 Å². The third kappa shape index (κ3) is 4.62. The number of aromatic nitrogens is 1. The van der Waals surface area contributed by atoms with Gasteiger partial charge in [-0.1, -0.05) is 0 Å². The lowest BCUT2D eigenvalue weighted by molar-refractivity contribution is -0.126. The Labute approximate surface area is 151 Å². The third-order valence-electron chi connectivity index (χ3n) is 3.75. The highest BCUT2D eigenvalue weighted by Crippen LogP contribution is 2.15. The van der Waals surface area contributed by atoms with Crippen molar-refractivity contribution in [1.82, 2.24) is 15.3 Å². The van der Waals surface area contributed by atoms with Crippen molar-refractivity contribution in [3.05, 3.63) is 53.3 Å². The van der Waals surface area contributed by atoms with Gasteiger partial charge in [0.15, 0.2) is 6.10 Å². The molecule has 0 saturated heterocycles. The maximum Gasteiger partial charge on any atom is 0.321 e. The van der Waals surface area contributed by atoms with Gasteiger partial charge in [0.25, 0.3) is 11.8 Å². The fourth-order valence-corrected chi connectivity index (χ4v) is 2.23. The summed E-state index contributed by atoms with van der Waals surface area (Å²) in [7, 11) is 1.41. The summed E-state index contributed by atoms with van der Waals surface area (Å²) in [6.07, 6.45) is -0.864. The van der Waals surface area contributed by atoms with Gasteiger partial charge in [-0.2, -0.15) is 0 Å². The summed E-state index contributed by atoms with van der Waals surface area (Å²) in [6.45, 7) is 5.32. The molecule has 0 spiro atoms. The van der Waals surface area contributed by atoms with Crippen molar-refractivity contribution in [2.45, 2.75) is 26.9 Å². The summed E-state index contributed by atoms with van der Waals surface area (Å²) in [5, 5.41) is 4.42. The first-order chi connectivity index (χ1) is 12.3. The molecular weight excluding hydrogens is 336 g/mol. The monoisotopic (exact) mass is 358 g/mol. The molecule has 1 heterocycles. The third-order valence-corrected chi connectivity index (χ3v) is 3.75. The Balaban J connectivity index is 1.98. The Morgan fingerprint density at radius 3 is 2.12 bits per heavy atom. The molecule has 1 aromatic heterocycles. The number of rotatable bonds is 5. The highest BCUT2D eigenvalue weighted by atomic mass is 16.5. The highest BCUT2D eigenvalue weighted by Gasteiger charge is 2.17. The molecule has 0 saturated carbocycles. The smallest absolute Gasteiger partial charge is 0.321 e. The minimum Gasteiger partial charge on any atom is -0.481 e. The molecule has 0 bridgehead atoms. The largest absolute Gasteiger partial charge is 0.481 e. The fraction of sp³-hybridized carbons (Fsp3) is 0.278. The van der Waals surface area contributed by atoms with Crippen LogP contribution in [-0.4, -0.2) is 35.7 Å². The van der Waals surface area contributed by atoms with Gasteiger partial charge in [0.05, 0.1) is 0 Å². The molecule has 1 aromatic carbocycles. The Kier molecular flexibility index (Phi) is 6.00. The van der Waals surface area contributed by atoms with Crippen molar-refractivity contribution in [2.75, 3.05) is 12.5 Å². The van der Waals surface area contributed by atoms with E-state index in [0.29, 0.717) is 11.3 Å². The van der Waals surface area contributed by atoms with Crippen LogP contribution in [0, 0.1) is 13.8 Å². The van der Waals surface area contributed by atoms with Crippen molar-refractivity contribution < 1.29 is 19.1 Å². The SMILES string of the molecule is CNC(=O)NC(=O)[C@@H](C)Oc1ccc(C(=O)Nn2c(C)ccc2C)cc1. The first kappa shape index (κ1) is 19.0. The predicted octanol–water partition coefficient (Wildman–Crippen LogP) is 1.71. The molecule has 2 aromatic rings. The topological polar surface area (TPSA) is 101 Å². The lowest BCUT2D eigenvalue weighted by atomic mass is 10.2. The summed E-state index contributed by atoms with van der Waals surface area (Å²) < 4.78 is 7.18. The van der Waals surface area contributed by atoms with Crippen LogP contribution in [0.25, 0.3) is 0 Å². The van der Waals surface area contributed by atoms with Crippen molar-refractivity contribution >= 4 is 17.8 Å². The number of nitrogens with zero attached hydrogens (tertiary/aromatic N) is 1. The lowest BCUT2D eigenvalue weighted by Crippen LogP contribution is -2.43. The molecule has 8 heteroatoms. The zero-order chi connectivity index (χ0) is 19.3. The molecule has 0 aliphatic carbocycles. The van der Waals surface area contributed by atoms with Crippen LogP contribution in [0.5, 0.6) is 5.75 Å². The number of aryl methyl sites for hydroxylation is 2. The van der Waals surface area contributed by atoms with Gasteiger partial charge >= 0.3 is 6.03 Å². The average molecular weight is 358 g/mol. The summed E-state index contributed by atoms with van der Waals surface area (Å²) in [5.41, 5.74) is 5.11. The Hall–Kier alpha value is -3.29. The second-order valence-corrected chi connectivity index (χ2v) is 5.75. The molecule has 26 heavy (non-hydrogen) atoms. The molecule has 1 atom stereocenters. The van der Waals surface area contributed by atoms with Crippen LogP contribution < -0.4 is 20.8 Å². The number of amides is 4. The Morgan fingerprint density at radius 2 is 1.58 bits per heavy atom. The van der Waals surface area contributed by atoms with Gasteiger partial charge in [-0.3, -0.25) is 25.0 Å². The van der Waals surface area contributed by atoms with Crippen LogP contribution in [0.2, 0.25) is 0 Å². The van der Waals surface area contributed by atoms with E-state index < -0.39 is 18.0 Å². The van der Waals surface area contributed by atoms with E-state index in [1.807, 2.05) is 26.0 Å². The molecule has 0 unspecified atom stereocenters. The minimum absolute atomic E-state index is 0.260. The van der Waals surface area contributed by atoms with Crippen LogP contribution in [0.3, 0.4) is 0 Å². The van der Waals surface area contributed by atoms with Crippen LogP contribution in [0.4, 0.5) is 4.79 Å². The van der Waals surface area contributed by atoms with Gasteiger partial charge in [0.1, 0.15) is 5.75 Å². The summed E-state index contributed by atoms with van der Waals surface area (Å²) >= 11 is 0. The lowest BCUT2D eigenvalue weighted by Gasteiger charge is -2.15. The number of ether oxygens (including phenoxy) is 1. The molecule has 0 aliphatic rings. The average Bonchev–Trinajstić information content (AvgIpc) is 2.93. The normalized spacial score (nSPS) is 11.4. The van der Waals surface area contributed by atoms with Crippen LogP contribution >= 0.6 is 0 Å². The molecule has 0 fully saturated rings. The van der Waals surface area contributed by atoms with Crippen LogP contribution in [0.1, 0.15) is 28.7 Å². The zero-order valence-electron chi connectivity index (χ0n) is 15.1. The maximum atomic E-state index is 12.3. The Bertz CT molecular complexity index is 792. The quantitative estimate of drug-likeness (QED) is 0.757. The second kappa shape index (κ2) is 8.19. The first-order valence-electron chi connectivity index (χ1n) is 8.07. The molecule has 2 rings (SSSR count). The molecule has 4 amide bonds. The fourth-order valence-electron chi connectivity index (χ4n) is 2.23. The predicted molar refractivity (Wildman–Crippen MR) is 96.7 cm³/mol. The maximum absolute atomic E-state index is 12.3. The number of carbonyl (C=O) groups is 3. The van der Waals surface area contributed by atoms with Crippen LogP contribution in [-0.2, 0) is 4.79 Å². The van der Waals surface area contributed by atoms with E-state index in [0.717, 1.165) is 11.4 Å². The van der Waals surface area contributed by atoms with E-state index >= 15 is 0 Å². The first-order valence-corrected chi connectivity index (χ1v) is 8.07. The number of imide groups is 1. The van der Waals surface area contributed by atoms with Gasteiger partial charge in [-0.05, 0) is 57.2 Å². The van der Waals surface area contributed by atoms with Gasteiger partial charge in [-0.15, -0.1) is 0 Å². The highest BCUT2D eigenvalue weighted by molar-refractivity contribution is 6.00. The van der Waals surface area contributed by atoms with Gasteiger partial charge in [0.2, 0.25) is 0 Å². The van der Waals surface area contributed by atoms with Gasteiger partial charge in [-0.25, -0.2) is 4.79 Å².